The molecule has 0 heterocycles. The van der Waals surface area contributed by atoms with E-state index in [0.29, 0.717) is 11.1 Å². The molecule has 10 N–H and O–H groups in total. The number of aromatic hydroxyl groups is 1. The summed E-state index contributed by atoms with van der Waals surface area (Å²) in [5, 5.41) is 34.7. The largest absolute Gasteiger partial charge is 0.508 e. The highest BCUT2D eigenvalue weighted by molar-refractivity contribution is 5.95. The van der Waals surface area contributed by atoms with Gasteiger partial charge < -0.3 is 42.7 Å². The van der Waals surface area contributed by atoms with Crippen molar-refractivity contribution in [1.82, 2.24) is 16.0 Å². The SMILES string of the molecule is NC(=O)CCC(NC(=O)C(Cc1ccccc1)NC(=O)C(N)Cc1ccc(O)cc1)C(=O)NC(CC(=O)O)C(=O)O. The lowest BCUT2D eigenvalue weighted by Crippen LogP contribution is -2.58. The van der Waals surface area contributed by atoms with E-state index < -0.39 is 66.2 Å². The minimum Gasteiger partial charge on any atom is -0.508 e. The van der Waals surface area contributed by atoms with Gasteiger partial charge in [-0.2, -0.15) is 0 Å². The predicted molar refractivity (Wildman–Crippen MR) is 144 cm³/mol. The van der Waals surface area contributed by atoms with E-state index in [0.717, 1.165) is 0 Å². The lowest BCUT2D eigenvalue weighted by molar-refractivity contribution is -0.147. The molecule has 0 bridgehead atoms. The molecule has 0 saturated heterocycles. The van der Waals surface area contributed by atoms with Crippen LogP contribution in [0.4, 0.5) is 0 Å². The van der Waals surface area contributed by atoms with Crippen LogP contribution in [-0.2, 0) is 41.6 Å². The number of benzene rings is 2. The van der Waals surface area contributed by atoms with Crippen LogP contribution in [0.3, 0.4) is 0 Å². The predicted octanol–water partition coefficient (Wildman–Crippen LogP) is -1.22. The Morgan fingerprint density at radius 3 is 1.80 bits per heavy atom. The van der Waals surface area contributed by atoms with E-state index in [4.69, 9.17) is 16.6 Å². The molecule has 0 aliphatic carbocycles. The third-order valence-electron chi connectivity index (χ3n) is 5.95. The first-order valence-corrected chi connectivity index (χ1v) is 12.6. The van der Waals surface area contributed by atoms with Gasteiger partial charge in [0.2, 0.25) is 23.6 Å². The summed E-state index contributed by atoms with van der Waals surface area (Å²) >= 11 is 0. The lowest BCUT2D eigenvalue weighted by atomic mass is 10.0. The van der Waals surface area contributed by atoms with Crippen molar-refractivity contribution in [3.8, 4) is 5.75 Å². The molecule has 2 aromatic rings. The third kappa shape index (κ3) is 11.3. The fraction of sp³-hybridized carbons (Fsp3) is 0.333. The van der Waals surface area contributed by atoms with Crippen molar-refractivity contribution in [1.29, 1.82) is 0 Å². The summed E-state index contributed by atoms with van der Waals surface area (Å²) in [4.78, 5) is 73.0. The maximum absolute atomic E-state index is 13.4. The number of carboxylic acids is 2. The Morgan fingerprint density at radius 2 is 1.24 bits per heavy atom. The van der Waals surface area contributed by atoms with Crippen molar-refractivity contribution in [2.45, 2.75) is 56.3 Å². The van der Waals surface area contributed by atoms with Crippen LogP contribution in [0.2, 0.25) is 0 Å². The first kappa shape index (κ1) is 32.2. The van der Waals surface area contributed by atoms with Crippen LogP contribution in [0.15, 0.2) is 54.6 Å². The van der Waals surface area contributed by atoms with Gasteiger partial charge in [0.05, 0.1) is 12.5 Å². The van der Waals surface area contributed by atoms with Crippen molar-refractivity contribution in [2.75, 3.05) is 0 Å². The maximum Gasteiger partial charge on any atom is 0.326 e. The van der Waals surface area contributed by atoms with Crippen molar-refractivity contribution in [3.05, 3.63) is 65.7 Å². The number of nitrogens with one attached hydrogen (secondary N) is 3. The van der Waals surface area contributed by atoms with Crippen molar-refractivity contribution >= 4 is 35.6 Å². The monoisotopic (exact) mass is 571 g/mol. The first-order valence-electron chi connectivity index (χ1n) is 12.6. The van der Waals surface area contributed by atoms with Gasteiger partial charge in [-0.15, -0.1) is 0 Å². The van der Waals surface area contributed by atoms with E-state index in [9.17, 15) is 39.0 Å². The molecule has 4 amide bonds. The summed E-state index contributed by atoms with van der Waals surface area (Å²) < 4.78 is 0. The second kappa shape index (κ2) is 15.6. The Bertz CT molecular complexity index is 1240. The van der Waals surface area contributed by atoms with Crippen LogP contribution in [-0.4, -0.2) is 75.1 Å². The minimum atomic E-state index is -1.80. The molecular weight excluding hydrogens is 538 g/mol. The Hall–Kier alpha value is -4.98. The maximum atomic E-state index is 13.4. The molecule has 4 unspecified atom stereocenters. The second-order valence-corrected chi connectivity index (χ2v) is 9.29. The summed E-state index contributed by atoms with van der Waals surface area (Å²) in [6.07, 6.45) is -1.52. The van der Waals surface area contributed by atoms with Gasteiger partial charge in [0.1, 0.15) is 23.9 Å². The first-order chi connectivity index (χ1) is 19.3. The van der Waals surface area contributed by atoms with Crippen LogP contribution >= 0.6 is 0 Å². The normalized spacial score (nSPS) is 13.6. The molecule has 14 nitrogen and oxygen atoms in total. The fourth-order valence-corrected chi connectivity index (χ4v) is 3.79. The summed E-state index contributed by atoms with van der Waals surface area (Å²) in [6, 6.07) is 9.08. The summed E-state index contributed by atoms with van der Waals surface area (Å²) in [6.45, 7) is 0. The highest BCUT2D eigenvalue weighted by Gasteiger charge is 2.31. The van der Waals surface area contributed by atoms with Crippen LogP contribution in [0, 0.1) is 0 Å². The van der Waals surface area contributed by atoms with Gasteiger partial charge >= 0.3 is 11.9 Å². The smallest absolute Gasteiger partial charge is 0.326 e. The lowest BCUT2D eigenvalue weighted by Gasteiger charge is -2.25. The molecule has 0 aliphatic heterocycles. The summed E-state index contributed by atoms with van der Waals surface area (Å²) in [5.41, 5.74) is 12.6. The summed E-state index contributed by atoms with van der Waals surface area (Å²) in [5.74, 6) is -6.43. The molecule has 0 radical (unpaired) electrons. The van der Waals surface area contributed by atoms with Gasteiger partial charge in [0.25, 0.3) is 0 Å². The minimum absolute atomic E-state index is 0.00866. The molecular formula is C27H33N5O9. The van der Waals surface area contributed by atoms with Gasteiger partial charge in [-0.25, -0.2) is 4.79 Å². The molecule has 0 saturated carbocycles. The van der Waals surface area contributed by atoms with Crippen LogP contribution in [0.25, 0.3) is 0 Å². The highest BCUT2D eigenvalue weighted by atomic mass is 16.4. The number of carboxylic acid groups (broad SMARTS) is 2. The van der Waals surface area contributed by atoms with Crippen LogP contribution < -0.4 is 27.4 Å². The number of aliphatic carboxylic acids is 2. The van der Waals surface area contributed by atoms with E-state index >= 15 is 0 Å². The zero-order valence-corrected chi connectivity index (χ0v) is 22.0. The number of rotatable bonds is 16. The van der Waals surface area contributed by atoms with E-state index in [2.05, 4.69) is 10.6 Å². The number of nitrogens with two attached hydrogens (primary N) is 2. The van der Waals surface area contributed by atoms with Gasteiger partial charge in [-0.05, 0) is 36.1 Å². The number of phenols is 1. The van der Waals surface area contributed by atoms with E-state index in [1.165, 1.54) is 12.1 Å². The molecule has 2 rings (SSSR count). The van der Waals surface area contributed by atoms with Gasteiger partial charge in [0.15, 0.2) is 0 Å². The van der Waals surface area contributed by atoms with E-state index in [1.54, 1.807) is 42.5 Å². The third-order valence-corrected chi connectivity index (χ3v) is 5.95. The standard InChI is InChI=1S/C27H33N5O9/c28-18(12-16-6-8-17(33)9-7-16)24(37)31-20(13-15-4-2-1-3-5-15)26(39)30-19(10-11-22(29)34)25(38)32-21(27(40)41)14-23(35)36/h1-9,18-21,33H,10-14,28H2,(H2,29,34)(H,30,39)(H,31,37)(H,32,38)(H,35,36)(H,40,41). The quantitative estimate of drug-likeness (QED) is 0.119. The summed E-state index contributed by atoms with van der Waals surface area (Å²) in [7, 11) is 0. The number of phenolic OH excluding ortho intramolecular Hbond substituents is 1. The average molecular weight is 572 g/mol. The number of amides is 4. The fourth-order valence-electron chi connectivity index (χ4n) is 3.79. The molecule has 0 fully saturated rings. The number of hydrogen-bond donors (Lipinski definition) is 8. The van der Waals surface area contributed by atoms with Gasteiger partial charge in [-0.3, -0.25) is 24.0 Å². The molecule has 14 heteroatoms. The number of carbonyl (C=O) groups excluding carboxylic acids is 4. The number of primary amides is 1. The van der Waals surface area contributed by atoms with Crippen LogP contribution in [0.5, 0.6) is 5.75 Å². The van der Waals surface area contributed by atoms with Crippen molar-refractivity contribution < 1.29 is 44.1 Å². The van der Waals surface area contributed by atoms with Crippen molar-refractivity contribution in [2.24, 2.45) is 11.5 Å². The zero-order valence-electron chi connectivity index (χ0n) is 22.0. The van der Waals surface area contributed by atoms with E-state index in [1.807, 2.05) is 5.32 Å². The van der Waals surface area contributed by atoms with E-state index in [-0.39, 0.29) is 31.4 Å². The number of hydrogen-bond acceptors (Lipinski definition) is 8. The zero-order chi connectivity index (χ0) is 30.5. The molecule has 4 atom stereocenters. The second-order valence-electron chi connectivity index (χ2n) is 9.29. The molecule has 0 aromatic heterocycles. The molecule has 220 valence electrons. The number of carbonyl (C=O) groups is 6. The van der Waals surface area contributed by atoms with Gasteiger partial charge in [-0.1, -0.05) is 42.5 Å². The topological polar surface area (TPSA) is 251 Å². The van der Waals surface area contributed by atoms with Crippen molar-refractivity contribution in [3.63, 3.8) is 0 Å². The molecule has 41 heavy (non-hydrogen) atoms. The highest BCUT2D eigenvalue weighted by Crippen LogP contribution is 2.12. The Kier molecular flexibility index (Phi) is 12.2. The Morgan fingerprint density at radius 1 is 0.707 bits per heavy atom. The molecule has 0 spiro atoms. The Balaban J connectivity index is 2.23. The average Bonchev–Trinajstić information content (AvgIpc) is 2.91. The molecule has 0 aliphatic rings. The van der Waals surface area contributed by atoms with Crippen LogP contribution in [0.1, 0.15) is 30.4 Å². The Labute approximate surface area is 235 Å². The molecule has 2 aromatic carbocycles. The van der Waals surface area contributed by atoms with Gasteiger partial charge in [0, 0.05) is 12.8 Å².